The Morgan fingerprint density at radius 1 is 1.64 bits per heavy atom. The molecule has 0 bridgehead atoms. The summed E-state index contributed by atoms with van der Waals surface area (Å²) in [6.45, 7) is 3.86. The Hall–Kier alpha value is -0.440. The van der Waals surface area contributed by atoms with Crippen LogP contribution in [0.25, 0.3) is 0 Å². The van der Waals surface area contributed by atoms with Crippen LogP contribution >= 0.6 is 12.2 Å². The Morgan fingerprint density at radius 3 is 2.55 bits per heavy atom. The summed E-state index contributed by atoms with van der Waals surface area (Å²) >= 11 is 4.61. The highest BCUT2D eigenvalue weighted by atomic mass is 32.1. The van der Waals surface area contributed by atoms with Crippen molar-refractivity contribution in [2.75, 3.05) is 0 Å². The van der Waals surface area contributed by atoms with Gasteiger partial charge in [0.25, 0.3) is 0 Å². The van der Waals surface area contributed by atoms with Crippen LogP contribution in [-0.2, 0) is 4.79 Å². The molecule has 0 saturated carbocycles. The van der Waals surface area contributed by atoms with E-state index < -0.39 is 5.97 Å². The summed E-state index contributed by atoms with van der Waals surface area (Å²) in [6.07, 6.45) is 1.04. The molecule has 11 heavy (non-hydrogen) atoms. The van der Waals surface area contributed by atoms with Crippen molar-refractivity contribution in [3.63, 3.8) is 0 Å². The highest BCUT2D eigenvalue weighted by molar-refractivity contribution is 7.79. The van der Waals surface area contributed by atoms with Crippen LogP contribution in [0.1, 0.15) is 26.7 Å². The number of carboxylic acid groups (broad SMARTS) is 1. The minimum atomic E-state index is -0.742. The molecule has 0 aliphatic carbocycles. The van der Waals surface area contributed by atoms with Crippen molar-refractivity contribution in [3.05, 3.63) is 0 Å². The number of carboxylic acids is 1. The first-order chi connectivity index (χ1) is 5.06. The summed E-state index contributed by atoms with van der Waals surface area (Å²) in [5, 5.41) is 11.1. The second-order valence-corrected chi connectivity index (χ2v) is 3.19. The number of hydrogen-bond donors (Lipinski definition) is 1. The number of hydrogen-bond acceptors (Lipinski definition) is 2. The predicted molar refractivity (Wildman–Crippen MR) is 47.8 cm³/mol. The van der Waals surface area contributed by atoms with E-state index in [2.05, 4.69) is 17.6 Å². The van der Waals surface area contributed by atoms with Crippen LogP contribution in [0.3, 0.4) is 0 Å². The van der Waals surface area contributed by atoms with E-state index in [1.54, 1.807) is 0 Å². The maximum atomic E-state index is 10.2. The largest absolute Gasteiger partial charge is 0.481 e. The quantitative estimate of drug-likeness (QED) is 0.646. The molecule has 1 N–H and O–H groups in total. The summed E-state index contributed by atoms with van der Waals surface area (Å²) in [5.74, 6) is -0.327. The van der Waals surface area contributed by atoms with Crippen molar-refractivity contribution >= 4 is 23.6 Å². The van der Waals surface area contributed by atoms with Gasteiger partial charge in [-0.3, -0.25) is 4.79 Å². The van der Waals surface area contributed by atoms with Gasteiger partial charge in [0, 0.05) is 11.8 Å². The van der Waals surface area contributed by atoms with Crippen molar-refractivity contribution in [1.29, 1.82) is 0 Å². The SMILES string of the molecule is CC([C]=S)CC(C)CC(=O)O. The zero-order valence-electron chi connectivity index (χ0n) is 6.83. The number of aliphatic carboxylic acids is 1. The maximum absolute atomic E-state index is 10.2. The van der Waals surface area contributed by atoms with Crippen molar-refractivity contribution in [1.82, 2.24) is 0 Å². The third-order valence-electron chi connectivity index (χ3n) is 1.48. The molecular formula is C8H13O2S. The second-order valence-electron chi connectivity index (χ2n) is 2.96. The first-order valence-electron chi connectivity index (χ1n) is 3.65. The predicted octanol–water partition coefficient (Wildman–Crippen LogP) is 2.00. The molecule has 0 aromatic carbocycles. The fraction of sp³-hybridized carbons (Fsp3) is 0.750. The van der Waals surface area contributed by atoms with Gasteiger partial charge in [-0.05, 0) is 18.3 Å². The van der Waals surface area contributed by atoms with Crippen LogP contribution in [-0.4, -0.2) is 16.4 Å². The molecule has 2 nitrogen and oxygen atoms in total. The van der Waals surface area contributed by atoms with Crippen LogP contribution in [0.5, 0.6) is 0 Å². The lowest BCUT2D eigenvalue weighted by atomic mass is 9.96. The topological polar surface area (TPSA) is 37.3 Å². The van der Waals surface area contributed by atoms with Gasteiger partial charge in [0.15, 0.2) is 0 Å². The normalized spacial score (nSPS) is 15.5. The van der Waals surface area contributed by atoms with Crippen molar-refractivity contribution < 1.29 is 9.90 Å². The molecule has 0 fully saturated rings. The van der Waals surface area contributed by atoms with E-state index in [-0.39, 0.29) is 18.3 Å². The van der Waals surface area contributed by atoms with Crippen molar-refractivity contribution in [2.45, 2.75) is 26.7 Å². The molecule has 2 atom stereocenters. The third kappa shape index (κ3) is 5.98. The van der Waals surface area contributed by atoms with Gasteiger partial charge >= 0.3 is 5.97 Å². The van der Waals surface area contributed by atoms with E-state index >= 15 is 0 Å². The molecule has 63 valence electrons. The summed E-state index contributed by atoms with van der Waals surface area (Å²) < 4.78 is 0. The molecule has 0 aliphatic rings. The molecule has 1 radical (unpaired) electrons. The molecule has 0 heterocycles. The van der Waals surface area contributed by atoms with Gasteiger partial charge in [0.2, 0.25) is 0 Å². The lowest BCUT2D eigenvalue weighted by molar-refractivity contribution is -0.138. The van der Waals surface area contributed by atoms with E-state index in [1.165, 1.54) is 0 Å². The number of carbonyl (C=O) groups is 1. The molecule has 3 heteroatoms. The minimum absolute atomic E-state index is 0.193. The maximum Gasteiger partial charge on any atom is 0.303 e. The fourth-order valence-corrected chi connectivity index (χ4v) is 1.13. The molecule has 0 rings (SSSR count). The van der Waals surface area contributed by atoms with E-state index in [4.69, 9.17) is 5.11 Å². The van der Waals surface area contributed by atoms with Crippen LogP contribution in [0.2, 0.25) is 0 Å². The van der Waals surface area contributed by atoms with Crippen molar-refractivity contribution in [2.24, 2.45) is 11.8 Å². The van der Waals surface area contributed by atoms with Gasteiger partial charge in [-0.25, -0.2) is 0 Å². The van der Waals surface area contributed by atoms with Gasteiger partial charge in [-0.2, -0.15) is 0 Å². The van der Waals surface area contributed by atoms with E-state index in [0.29, 0.717) is 0 Å². The highest BCUT2D eigenvalue weighted by Gasteiger charge is 2.10. The molecule has 2 unspecified atom stereocenters. The molecule has 0 aliphatic heterocycles. The minimum Gasteiger partial charge on any atom is -0.481 e. The highest BCUT2D eigenvalue weighted by Crippen LogP contribution is 2.13. The fourth-order valence-electron chi connectivity index (χ4n) is 1.03. The van der Waals surface area contributed by atoms with Gasteiger partial charge in [-0.1, -0.05) is 26.1 Å². The second kappa shape index (κ2) is 5.24. The number of thiocarbonyl (C=S) groups is 1. The smallest absolute Gasteiger partial charge is 0.303 e. The van der Waals surface area contributed by atoms with Crippen LogP contribution in [0.15, 0.2) is 0 Å². The zero-order chi connectivity index (χ0) is 8.85. The Morgan fingerprint density at radius 2 is 2.18 bits per heavy atom. The molecular weight excluding hydrogens is 160 g/mol. The van der Waals surface area contributed by atoms with E-state index in [1.807, 2.05) is 13.8 Å². The molecule has 0 saturated heterocycles. The van der Waals surface area contributed by atoms with E-state index in [0.717, 1.165) is 6.42 Å². The lowest BCUT2D eigenvalue weighted by Crippen LogP contribution is -2.08. The summed E-state index contributed by atoms with van der Waals surface area (Å²) in [5.41, 5.74) is 0. The third-order valence-corrected chi connectivity index (χ3v) is 1.88. The first kappa shape index (κ1) is 10.6. The number of rotatable bonds is 5. The van der Waals surface area contributed by atoms with Crippen LogP contribution < -0.4 is 0 Å². The van der Waals surface area contributed by atoms with Gasteiger partial charge in [0.1, 0.15) is 0 Å². The zero-order valence-corrected chi connectivity index (χ0v) is 7.65. The first-order valence-corrected chi connectivity index (χ1v) is 4.06. The average molecular weight is 173 g/mol. The average Bonchev–Trinajstić information content (AvgIpc) is 1.85. The van der Waals surface area contributed by atoms with Crippen LogP contribution in [0.4, 0.5) is 0 Å². The van der Waals surface area contributed by atoms with Gasteiger partial charge < -0.3 is 5.11 Å². The molecule has 0 spiro atoms. The Kier molecular flexibility index (Phi) is 5.03. The molecule has 0 amide bonds. The molecule has 0 aromatic heterocycles. The Labute approximate surface area is 72.6 Å². The van der Waals surface area contributed by atoms with Crippen molar-refractivity contribution in [3.8, 4) is 0 Å². The summed E-state index contributed by atoms with van der Waals surface area (Å²) in [7, 11) is 0. The Balaban J connectivity index is 3.59. The lowest BCUT2D eigenvalue weighted by Gasteiger charge is -2.09. The molecule has 0 aromatic rings. The summed E-state index contributed by atoms with van der Waals surface area (Å²) in [4.78, 5) is 10.2. The van der Waals surface area contributed by atoms with Gasteiger partial charge in [0.05, 0.1) is 0 Å². The monoisotopic (exact) mass is 173 g/mol. The Bertz CT molecular complexity index is 145. The standard InChI is InChI=1S/C8H13O2S/c1-6(4-8(9)10)3-7(2)5-11/h6-7H,3-4H2,1-2H3,(H,9,10). The van der Waals surface area contributed by atoms with Gasteiger partial charge in [-0.15, -0.1) is 0 Å². The van der Waals surface area contributed by atoms with E-state index in [9.17, 15) is 4.79 Å². The summed E-state index contributed by atoms with van der Waals surface area (Å²) in [6, 6.07) is 0. The van der Waals surface area contributed by atoms with Crippen LogP contribution in [0, 0.1) is 11.8 Å².